The fourth-order valence-electron chi connectivity index (χ4n) is 2.14. The number of ketones is 1. The van der Waals surface area contributed by atoms with Crippen LogP contribution in [0.1, 0.15) is 16.1 Å². The van der Waals surface area contributed by atoms with Gasteiger partial charge in [-0.3, -0.25) is 24.7 Å². The molecule has 0 unspecified atom stereocenters. The van der Waals surface area contributed by atoms with E-state index in [1.54, 1.807) is 12.1 Å². The minimum atomic E-state index is -0.557. The lowest BCUT2D eigenvalue weighted by atomic mass is 10.1. The van der Waals surface area contributed by atoms with Crippen molar-refractivity contribution in [3.63, 3.8) is 0 Å². The Morgan fingerprint density at radius 3 is 2.65 bits per heavy atom. The van der Waals surface area contributed by atoms with Gasteiger partial charge in [0.1, 0.15) is 5.69 Å². The first-order valence-corrected chi connectivity index (χ1v) is 6.65. The molecule has 0 fully saturated rings. The van der Waals surface area contributed by atoms with Crippen molar-refractivity contribution in [3.05, 3.63) is 74.5 Å². The molecule has 0 amide bonds. The maximum atomic E-state index is 12.1. The second kappa shape index (κ2) is 5.76. The number of Topliss-reactive ketones (excluding diaryl/α,β-unsaturated/α-hetero) is 1. The lowest BCUT2D eigenvalue weighted by Crippen LogP contribution is -2.19. The molecule has 0 aliphatic heterocycles. The van der Waals surface area contributed by atoms with Crippen molar-refractivity contribution in [1.29, 1.82) is 0 Å². The van der Waals surface area contributed by atoms with Gasteiger partial charge in [0.2, 0.25) is 0 Å². The topological polar surface area (TPSA) is 119 Å². The number of hydrogen-bond acceptors (Lipinski definition) is 6. The van der Waals surface area contributed by atoms with Crippen LogP contribution >= 0.6 is 0 Å². The van der Waals surface area contributed by atoms with Gasteiger partial charge in [-0.2, -0.15) is 0 Å². The molecule has 114 valence electrons. The van der Waals surface area contributed by atoms with Crippen LogP contribution in [0.4, 0.5) is 5.69 Å². The Labute approximate surface area is 129 Å². The van der Waals surface area contributed by atoms with E-state index in [-0.39, 0.29) is 29.1 Å². The SMILES string of the molecule is O=C(Cc1nc2ccc([N+](=O)[O-])cc2[nH]c1=O)c1ccncc1. The monoisotopic (exact) mass is 310 g/mol. The van der Waals surface area contributed by atoms with Crippen LogP contribution in [0.25, 0.3) is 11.0 Å². The Hall–Kier alpha value is -3.42. The number of carbonyl (C=O) groups excluding carboxylic acids is 1. The largest absolute Gasteiger partial charge is 0.319 e. The smallest absolute Gasteiger partial charge is 0.271 e. The molecule has 0 saturated heterocycles. The minimum Gasteiger partial charge on any atom is -0.319 e. The predicted molar refractivity (Wildman–Crippen MR) is 81.3 cm³/mol. The zero-order chi connectivity index (χ0) is 16.4. The summed E-state index contributed by atoms with van der Waals surface area (Å²) in [6.07, 6.45) is 2.82. The molecule has 2 aromatic heterocycles. The number of nitro groups is 1. The maximum absolute atomic E-state index is 12.1. The van der Waals surface area contributed by atoms with Crippen LogP contribution in [-0.4, -0.2) is 25.7 Å². The molecular weight excluding hydrogens is 300 g/mol. The number of aromatic nitrogens is 3. The highest BCUT2D eigenvalue weighted by atomic mass is 16.6. The zero-order valence-corrected chi connectivity index (χ0v) is 11.7. The van der Waals surface area contributed by atoms with Gasteiger partial charge >= 0.3 is 0 Å². The summed E-state index contributed by atoms with van der Waals surface area (Å²) >= 11 is 0. The van der Waals surface area contributed by atoms with E-state index in [0.29, 0.717) is 11.1 Å². The van der Waals surface area contributed by atoms with Crippen LogP contribution in [0.2, 0.25) is 0 Å². The second-order valence-corrected chi connectivity index (χ2v) is 4.81. The highest BCUT2D eigenvalue weighted by Crippen LogP contribution is 2.17. The fraction of sp³-hybridized carbons (Fsp3) is 0.0667. The molecular formula is C15H10N4O4. The molecule has 3 rings (SSSR count). The van der Waals surface area contributed by atoms with Crippen molar-refractivity contribution in [2.45, 2.75) is 6.42 Å². The van der Waals surface area contributed by atoms with Gasteiger partial charge in [0.05, 0.1) is 22.4 Å². The fourth-order valence-corrected chi connectivity index (χ4v) is 2.14. The molecule has 2 heterocycles. The van der Waals surface area contributed by atoms with E-state index in [2.05, 4.69) is 15.0 Å². The van der Waals surface area contributed by atoms with E-state index >= 15 is 0 Å². The molecule has 0 atom stereocenters. The summed E-state index contributed by atoms with van der Waals surface area (Å²) in [6, 6.07) is 7.08. The van der Waals surface area contributed by atoms with Gasteiger partial charge in [-0.05, 0) is 18.2 Å². The highest BCUT2D eigenvalue weighted by Gasteiger charge is 2.14. The average molecular weight is 310 g/mol. The Balaban J connectivity index is 1.97. The number of nitrogens with one attached hydrogen (secondary N) is 1. The molecule has 0 radical (unpaired) electrons. The standard InChI is InChI=1S/C15H10N4O4/c20-14(9-3-5-16-6-4-9)8-13-15(21)18-12-7-10(19(22)23)1-2-11(12)17-13/h1-7H,8H2,(H,18,21). The first kappa shape index (κ1) is 14.5. The molecule has 0 aliphatic carbocycles. The highest BCUT2D eigenvalue weighted by molar-refractivity contribution is 5.97. The maximum Gasteiger partial charge on any atom is 0.271 e. The Morgan fingerprint density at radius 2 is 1.96 bits per heavy atom. The van der Waals surface area contributed by atoms with E-state index in [4.69, 9.17) is 0 Å². The number of fused-ring (bicyclic) bond motifs is 1. The van der Waals surface area contributed by atoms with Gasteiger partial charge in [0.15, 0.2) is 5.78 Å². The van der Waals surface area contributed by atoms with Crippen molar-refractivity contribution < 1.29 is 9.72 Å². The van der Waals surface area contributed by atoms with Crippen molar-refractivity contribution in [3.8, 4) is 0 Å². The Morgan fingerprint density at radius 1 is 1.22 bits per heavy atom. The number of carbonyl (C=O) groups is 1. The molecule has 0 aliphatic rings. The van der Waals surface area contributed by atoms with Crippen LogP contribution in [0.3, 0.4) is 0 Å². The number of nitro benzene ring substituents is 1. The number of benzene rings is 1. The van der Waals surface area contributed by atoms with Gasteiger partial charge < -0.3 is 4.98 Å². The molecule has 1 aromatic carbocycles. The van der Waals surface area contributed by atoms with Gasteiger partial charge in [0, 0.05) is 30.1 Å². The molecule has 1 N–H and O–H groups in total. The Kier molecular flexibility index (Phi) is 3.63. The number of nitrogens with zero attached hydrogens (tertiary/aromatic N) is 3. The van der Waals surface area contributed by atoms with Crippen molar-refractivity contribution in [2.75, 3.05) is 0 Å². The number of aromatic amines is 1. The summed E-state index contributed by atoms with van der Waals surface area (Å²) in [6.45, 7) is 0. The summed E-state index contributed by atoms with van der Waals surface area (Å²) in [5, 5.41) is 10.7. The third-order valence-electron chi connectivity index (χ3n) is 3.29. The quantitative estimate of drug-likeness (QED) is 0.444. The normalized spacial score (nSPS) is 10.6. The molecule has 3 aromatic rings. The van der Waals surface area contributed by atoms with Gasteiger partial charge in [-0.25, -0.2) is 4.98 Å². The summed E-state index contributed by atoms with van der Waals surface area (Å²) in [7, 11) is 0. The summed E-state index contributed by atoms with van der Waals surface area (Å²) in [5.41, 5.74) is 0.450. The zero-order valence-electron chi connectivity index (χ0n) is 11.7. The predicted octanol–water partition coefficient (Wildman–Crippen LogP) is 1.65. The molecule has 0 bridgehead atoms. The van der Waals surface area contributed by atoms with Crippen molar-refractivity contribution in [2.24, 2.45) is 0 Å². The Bertz CT molecular complexity index is 966. The van der Waals surface area contributed by atoms with Crippen LogP contribution in [-0.2, 0) is 6.42 Å². The van der Waals surface area contributed by atoms with E-state index in [9.17, 15) is 19.7 Å². The average Bonchev–Trinajstić information content (AvgIpc) is 2.55. The summed E-state index contributed by atoms with van der Waals surface area (Å²) in [5.74, 6) is -0.258. The summed E-state index contributed by atoms with van der Waals surface area (Å²) < 4.78 is 0. The number of non-ortho nitro benzene ring substituents is 1. The van der Waals surface area contributed by atoms with E-state index in [1.165, 1.54) is 30.6 Å². The van der Waals surface area contributed by atoms with Crippen molar-refractivity contribution in [1.82, 2.24) is 15.0 Å². The third kappa shape index (κ3) is 2.95. The third-order valence-corrected chi connectivity index (χ3v) is 3.29. The molecule has 8 heteroatoms. The number of hydrogen-bond donors (Lipinski definition) is 1. The number of rotatable bonds is 4. The van der Waals surface area contributed by atoms with Crippen LogP contribution in [0.5, 0.6) is 0 Å². The molecule has 8 nitrogen and oxygen atoms in total. The number of H-pyrrole nitrogens is 1. The summed E-state index contributed by atoms with van der Waals surface area (Å²) in [4.78, 5) is 44.8. The second-order valence-electron chi connectivity index (χ2n) is 4.81. The molecule has 0 spiro atoms. The van der Waals surface area contributed by atoms with Crippen LogP contribution in [0, 0.1) is 10.1 Å². The van der Waals surface area contributed by atoms with E-state index < -0.39 is 10.5 Å². The minimum absolute atomic E-state index is 0.0631. The lowest BCUT2D eigenvalue weighted by molar-refractivity contribution is -0.384. The van der Waals surface area contributed by atoms with Gasteiger partial charge in [0.25, 0.3) is 11.2 Å². The molecule has 0 saturated carbocycles. The van der Waals surface area contributed by atoms with Crippen LogP contribution in [0.15, 0.2) is 47.5 Å². The first-order valence-electron chi connectivity index (χ1n) is 6.65. The van der Waals surface area contributed by atoms with Crippen molar-refractivity contribution >= 4 is 22.5 Å². The van der Waals surface area contributed by atoms with E-state index in [1.807, 2.05) is 0 Å². The van der Waals surface area contributed by atoms with Crippen LogP contribution < -0.4 is 5.56 Å². The first-order chi connectivity index (χ1) is 11.0. The molecule has 23 heavy (non-hydrogen) atoms. The van der Waals surface area contributed by atoms with Gasteiger partial charge in [-0.15, -0.1) is 0 Å². The lowest BCUT2D eigenvalue weighted by Gasteiger charge is -2.03. The van der Waals surface area contributed by atoms with E-state index in [0.717, 1.165) is 0 Å². The number of pyridine rings is 1. The van der Waals surface area contributed by atoms with Gasteiger partial charge in [-0.1, -0.05) is 0 Å².